The fourth-order valence-corrected chi connectivity index (χ4v) is 2.41. The van der Waals surface area contributed by atoms with E-state index >= 15 is 0 Å². The van der Waals surface area contributed by atoms with Gasteiger partial charge in [-0.15, -0.1) is 0 Å². The first-order chi connectivity index (χ1) is 9.33. The minimum atomic E-state index is -0.551. The van der Waals surface area contributed by atoms with E-state index < -0.39 is 6.10 Å². The summed E-state index contributed by atoms with van der Waals surface area (Å²) in [6, 6.07) is 7.66. The molecular weight excluding hydrogens is 244 g/mol. The normalized spacial score (nSPS) is 22.8. The lowest BCUT2D eigenvalue weighted by Gasteiger charge is -2.29. The van der Waals surface area contributed by atoms with E-state index in [1.165, 1.54) is 0 Å². The fourth-order valence-electron chi connectivity index (χ4n) is 2.41. The van der Waals surface area contributed by atoms with Crippen LogP contribution in [0.5, 0.6) is 11.5 Å². The number of hydrogen-bond donors (Lipinski definition) is 2. The lowest BCUT2D eigenvalue weighted by atomic mass is 10.1. The third kappa shape index (κ3) is 2.81. The van der Waals surface area contributed by atoms with E-state index in [2.05, 4.69) is 10.6 Å². The highest BCUT2D eigenvalue weighted by atomic mass is 16.6. The van der Waals surface area contributed by atoms with Crippen molar-refractivity contribution in [1.29, 1.82) is 0 Å². The Hall–Kier alpha value is -1.75. The minimum Gasteiger partial charge on any atom is -0.485 e. The second kappa shape index (κ2) is 5.48. The molecule has 2 aliphatic rings. The average molecular weight is 262 g/mol. The first-order valence-electron chi connectivity index (χ1n) is 6.72. The standard InChI is InChI=1S/C14H18N2O3/c17-14(16-10-5-7-15-8-6-10)13-9-18-11-3-1-2-4-12(11)19-13/h1-4,10,13,15H,5-9H2,(H,16,17). The maximum Gasteiger partial charge on any atom is 0.264 e. The highest BCUT2D eigenvalue weighted by Gasteiger charge is 2.28. The first-order valence-corrected chi connectivity index (χ1v) is 6.72. The lowest BCUT2D eigenvalue weighted by molar-refractivity contribution is -0.131. The molecule has 1 aromatic rings. The van der Waals surface area contributed by atoms with Crippen LogP contribution >= 0.6 is 0 Å². The third-order valence-corrected chi connectivity index (χ3v) is 3.49. The molecular formula is C14H18N2O3. The molecule has 19 heavy (non-hydrogen) atoms. The smallest absolute Gasteiger partial charge is 0.264 e. The molecule has 0 aromatic heterocycles. The molecule has 0 aliphatic carbocycles. The summed E-state index contributed by atoms with van der Waals surface area (Å²) in [6.45, 7) is 2.18. The number of nitrogens with one attached hydrogen (secondary N) is 2. The molecule has 0 bridgehead atoms. The summed E-state index contributed by atoms with van der Waals surface area (Å²) in [4.78, 5) is 12.1. The van der Waals surface area contributed by atoms with Crippen LogP contribution in [0.4, 0.5) is 0 Å². The molecule has 5 nitrogen and oxygen atoms in total. The first kappa shape index (κ1) is 12.3. The second-order valence-corrected chi connectivity index (χ2v) is 4.90. The van der Waals surface area contributed by atoms with Crippen LogP contribution in [0.25, 0.3) is 0 Å². The number of carbonyl (C=O) groups excluding carboxylic acids is 1. The summed E-state index contributed by atoms with van der Waals surface area (Å²) in [7, 11) is 0. The molecule has 1 unspecified atom stereocenters. The van der Waals surface area contributed by atoms with Gasteiger partial charge in [-0.1, -0.05) is 12.1 Å². The van der Waals surface area contributed by atoms with Gasteiger partial charge in [0.25, 0.3) is 5.91 Å². The Morgan fingerprint density at radius 3 is 2.74 bits per heavy atom. The second-order valence-electron chi connectivity index (χ2n) is 4.90. The van der Waals surface area contributed by atoms with Gasteiger partial charge in [0, 0.05) is 6.04 Å². The van der Waals surface area contributed by atoms with Gasteiger partial charge in [0.05, 0.1) is 0 Å². The van der Waals surface area contributed by atoms with Crippen LogP contribution < -0.4 is 20.1 Å². The zero-order valence-corrected chi connectivity index (χ0v) is 10.7. The number of para-hydroxylation sites is 2. The van der Waals surface area contributed by atoms with Crippen LogP contribution in [0.2, 0.25) is 0 Å². The number of benzene rings is 1. The Morgan fingerprint density at radius 1 is 1.21 bits per heavy atom. The Bertz CT molecular complexity index is 458. The largest absolute Gasteiger partial charge is 0.485 e. The SMILES string of the molecule is O=C(NC1CCNCC1)C1COc2ccccc2O1. The molecule has 0 saturated carbocycles. The van der Waals surface area contributed by atoms with Gasteiger partial charge in [-0.2, -0.15) is 0 Å². The summed E-state index contributed by atoms with van der Waals surface area (Å²) in [5, 5.41) is 6.31. The van der Waals surface area contributed by atoms with Crippen molar-refractivity contribution < 1.29 is 14.3 Å². The van der Waals surface area contributed by atoms with Gasteiger partial charge in [-0.3, -0.25) is 4.79 Å². The molecule has 1 aromatic carbocycles. The Labute approximate surface area is 112 Å². The van der Waals surface area contributed by atoms with E-state index in [9.17, 15) is 4.79 Å². The quantitative estimate of drug-likeness (QED) is 0.823. The van der Waals surface area contributed by atoms with Crippen LogP contribution in [0.3, 0.4) is 0 Å². The summed E-state index contributed by atoms with van der Waals surface area (Å²) < 4.78 is 11.2. The molecule has 2 aliphatic heterocycles. The molecule has 0 spiro atoms. The van der Waals surface area contributed by atoms with Crippen LogP contribution in [-0.4, -0.2) is 37.7 Å². The van der Waals surface area contributed by atoms with E-state index in [-0.39, 0.29) is 18.6 Å². The van der Waals surface area contributed by atoms with Crippen molar-refractivity contribution in [3.8, 4) is 11.5 Å². The molecule has 3 rings (SSSR count). The summed E-state index contributed by atoms with van der Waals surface area (Å²) in [5.41, 5.74) is 0. The van der Waals surface area contributed by atoms with Crippen molar-refractivity contribution >= 4 is 5.91 Å². The van der Waals surface area contributed by atoms with Gasteiger partial charge >= 0.3 is 0 Å². The summed E-state index contributed by atoms with van der Waals surface area (Å²) in [6.07, 6.45) is 1.39. The van der Waals surface area contributed by atoms with Crippen molar-refractivity contribution in [1.82, 2.24) is 10.6 Å². The van der Waals surface area contributed by atoms with E-state index in [4.69, 9.17) is 9.47 Å². The molecule has 1 saturated heterocycles. The number of ether oxygens (including phenoxy) is 2. The molecule has 1 atom stereocenters. The van der Waals surface area contributed by atoms with Crippen LogP contribution in [0, 0.1) is 0 Å². The molecule has 1 fully saturated rings. The average Bonchev–Trinajstić information content (AvgIpc) is 2.48. The van der Waals surface area contributed by atoms with Gasteiger partial charge in [0.15, 0.2) is 11.5 Å². The zero-order chi connectivity index (χ0) is 13.1. The molecule has 2 N–H and O–H groups in total. The third-order valence-electron chi connectivity index (χ3n) is 3.49. The lowest BCUT2D eigenvalue weighted by Crippen LogP contribution is -2.50. The zero-order valence-electron chi connectivity index (χ0n) is 10.7. The Balaban J connectivity index is 1.59. The van der Waals surface area contributed by atoms with Crippen molar-refractivity contribution in [3.05, 3.63) is 24.3 Å². The van der Waals surface area contributed by atoms with Crippen LogP contribution in [0.1, 0.15) is 12.8 Å². The van der Waals surface area contributed by atoms with E-state index in [1.54, 1.807) is 0 Å². The van der Waals surface area contributed by atoms with Gasteiger partial charge in [0.2, 0.25) is 6.10 Å². The van der Waals surface area contributed by atoms with E-state index in [1.807, 2.05) is 24.3 Å². The molecule has 102 valence electrons. The maximum absolute atomic E-state index is 12.1. The molecule has 1 amide bonds. The summed E-state index contributed by atoms with van der Waals surface area (Å²) >= 11 is 0. The minimum absolute atomic E-state index is 0.0820. The number of hydrogen-bond acceptors (Lipinski definition) is 4. The number of rotatable bonds is 2. The van der Waals surface area contributed by atoms with Gasteiger partial charge in [-0.05, 0) is 38.1 Å². The fraction of sp³-hybridized carbons (Fsp3) is 0.500. The molecule has 5 heteroatoms. The highest BCUT2D eigenvalue weighted by Crippen LogP contribution is 2.30. The van der Waals surface area contributed by atoms with Crippen LogP contribution in [-0.2, 0) is 4.79 Å². The van der Waals surface area contributed by atoms with Crippen molar-refractivity contribution in [2.45, 2.75) is 25.0 Å². The predicted molar refractivity (Wildman–Crippen MR) is 70.4 cm³/mol. The number of piperidine rings is 1. The van der Waals surface area contributed by atoms with Crippen molar-refractivity contribution in [2.75, 3.05) is 19.7 Å². The predicted octanol–water partition coefficient (Wildman–Crippen LogP) is 0.695. The highest BCUT2D eigenvalue weighted by molar-refractivity contribution is 5.82. The number of carbonyl (C=O) groups is 1. The summed E-state index contributed by atoms with van der Waals surface area (Å²) in [5.74, 6) is 1.26. The number of fused-ring (bicyclic) bond motifs is 1. The van der Waals surface area contributed by atoms with Crippen molar-refractivity contribution in [2.24, 2.45) is 0 Å². The topological polar surface area (TPSA) is 59.6 Å². The monoisotopic (exact) mass is 262 g/mol. The number of amides is 1. The van der Waals surface area contributed by atoms with Gasteiger partial charge < -0.3 is 20.1 Å². The Morgan fingerprint density at radius 2 is 1.95 bits per heavy atom. The maximum atomic E-state index is 12.1. The Kier molecular flexibility index (Phi) is 3.55. The van der Waals surface area contributed by atoms with Crippen LogP contribution in [0.15, 0.2) is 24.3 Å². The van der Waals surface area contributed by atoms with Crippen molar-refractivity contribution in [3.63, 3.8) is 0 Å². The molecule has 0 radical (unpaired) electrons. The van der Waals surface area contributed by atoms with E-state index in [0.717, 1.165) is 25.9 Å². The molecule has 2 heterocycles. The van der Waals surface area contributed by atoms with Gasteiger partial charge in [-0.25, -0.2) is 0 Å². The van der Waals surface area contributed by atoms with E-state index in [0.29, 0.717) is 11.5 Å². The van der Waals surface area contributed by atoms with Gasteiger partial charge in [0.1, 0.15) is 6.61 Å².